The van der Waals surface area contributed by atoms with Crippen molar-refractivity contribution in [3.05, 3.63) is 0 Å². The van der Waals surface area contributed by atoms with Crippen LogP contribution in [0.1, 0.15) is 106 Å². The minimum Gasteiger partial charge on any atom is -0.394 e. The minimum absolute atomic E-state index is 0.00150. The molecule has 0 spiro atoms. The highest BCUT2D eigenvalue weighted by Crippen LogP contribution is 2.71. The predicted molar refractivity (Wildman–Crippen MR) is 249 cm³/mol. The van der Waals surface area contributed by atoms with Crippen molar-refractivity contribution in [1.82, 2.24) is 0 Å². The van der Waals surface area contributed by atoms with Gasteiger partial charge in [-0.05, 0) is 118 Å². The second-order valence-electron chi connectivity index (χ2n) is 24.2. The highest BCUT2D eigenvalue weighted by molar-refractivity contribution is 5.15. The Morgan fingerprint density at radius 2 is 1.14 bits per heavy atom. The lowest BCUT2D eigenvalue weighted by Crippen LogP contribution is -2.66. The number of hydrogen-bond acceptors (Lipinski definition) is 22. The number of fused-ring (bicyclic) bond motifs is 7. The molecule has 0 aromatic heterocycles. The quantitative estimate of drug-likeness (QED) is 0.0845. The average Bonchev–Trinajstić information content (AvgIpc) is 3.80. The number of ether oxygens (including phenoxy) is 9. The fourth-order valence-electron chi connectivity index (χ4n) is 15.5. The molecule has 22 nitrogen and oxygen atoms in total. The van der Waals surface area contributed by atoms with Crippen LogP contribution in [-0.2, 0) is 42.6 Å². The number of aliphatic hydroxyl groups is 13. The van der Waals surface area contributed by atoms with Crippen molar-refractivity contribution in [3.8, 4) is 0 Å². The van der Waals surface area contributed by atoms with Crippen LogP contribution in [0.4, 0.5) is 0 Å². The summed E-state index contributed by atoms with van der Waals surface area (Å²) in [6.45, 7) is 10.8. The Morgan fingerprint density at radius 3 is 1.77 bits per heavy atom. The number of aliphatic hydroxyl groups excluding tert-OH is 12. The van der Waals surface area contributed by atoms with Crippen molar-refractivity contribution in [1.29, 1.82) is 0 Å². The second-order valence-corrected chi connectivity index (χ2v) is 24.2. The summed E-state index contributed by atoms with van der Waals surface area (Å²) in [7, 11) is 0. The van der Waals surface area contributed by atoms with E-state index in [0.717, 1.165) is 38.5 Å². The second kappa shape index (κ2) is 22.0. The summed E-state index contributed by atoms with van der Waals surface area (Å²) in [5, 5.41) is 139. The van der Waals surface area contributed by atoms with Crippen LogP contribution < -0.4 is 0 Å². The van der Waals surface area contributed by atoms with Crippen LogP contribution in [0.2, 0.25) is 0 Å². The molecule has 9 fully saturated rings. The average molecular weight is 1050 g/mol. The van der Waals surface area contributed by atoms with Crippen molar-refractivity contribution in [2.24, 2.45) is 52.3 Å². The molecule has 9 aliphatic rings. The van der Waals surface area contributed by atoms with Gasteiger partial charge in [-0.2, -0.15) is 0 Å². The van der Waals surface area contributed by atoms with E-state index < -0.39 is 142 Å². The summed E-state index contributed by atoms with van der Waals surface area (Å²) in [4.78, 5) is 0. The largest absolute Gasteiger partial charge is 0.394 e. The SMILES string of the molecule is C[C@H](CCC1(O)O[C@H]2C[C@H]3[C@@H]4CC[C@H]5C[C@@H](O[C@@H]6O[C@H](CO)[C@@H](O[C@H]7O[C@@H](C)[C@H](O)[C@@H](O)[C@H]7O)[C@H](O)[C@H]6O[C@H]6O[C@@H](C)[C@H](O)[C@@H](O)[C@H]6O)CC[C@]5(C)[C@H]4CC[C@]3(C)[C@H]2[C@@H]1C)CO[C@@H]1O[C@H](CO)[C@@H](O)[C@H](O)[C@H]1O. The Bertz CT molecular complexity index is 1840. The standard InChI is InChI=1S/C51H86O22/c1-20(19-65-45-39(60)38(59)35(56)30(17-52)69-45)9-14-51(64)21(2)32-29(73-51)16-28-26-8-7-24-15-25(10-12-49(24,5)27(26)11-13-50(28,32)6)68-48-44(72-47-41(62)37(58)34(55)23(4)67-47)42(63)43(31(18-53)70-48)71-46-40(61)36(57)33(54)22(3)66-46/h20-48,52-64H,7-19H2,1-6H3/t20-,21+,22+,23+,24+,25+,26-,27+,28+,29+,30-,31-,32+,33+,34+,35-,36-,37-,38+,39-,40-,41-,42+,43-,44-,45-,46-,47-,48-,49+,50+,51?/m1/s1. The monoisotopic (exact) mass is 1050 g/mol. The third-order valence-corrected chi connectivity index (χ3v) is 20.0. The fourth-order valence-corrected chi connectivity index (χ4v) is 15.5. The predicted octanol–water partition coefficient (Wildman–Crippen LogP) is -1.90. The van der Waals surface area contributed by atoms with E-state index in [9.17, 15) is 66.4 Å². The van der Waals surface area contributed by atoms with Gasteiger partial charge in [-0.25, -0.2) is 0 Å². The van der Waals surface area contributed by atoms with E-state index in [-0.39, 0.29) is 53.3 Å². The van der Waals surface area contributed by atoms with Gasteiger partial charge in [-0.15, -0.1) is 0 Å². The maximum Gasteiger partial charge on any atom is 0.187 e. The molecule has 0 amide bonds. The first-order valence-corrected chi connectivity index (χ1v) is 27.1. The lowest BCUT2D eigenvalue weighted by molar-refractivity contribution is -0.389. The number of hydrogen-bond donors (Lipinski definition) is 13. The summed E-state index contributed by atoms with van der Waals surface area (Å²) in [5.74, 6) is 0.300. The van der Waals surface area contributed by atoms with Gasteiger partial charge in [0.25, 0.3) is 0 Å². The minimum atomic E-state index is -1.74. The molecule has 9 rings (SSSR count). The molecule has 0 bridgehead atoms. The Balaban J connectivity index is 0.830. The molecule has 22 heteroatoms. The molecule has 0 radical (unpaired) electrons. The van der Waals surface area contributed by atoms with Crippen LogP contribution in [0.25, 0.3) is 0 Å². The first-order chi connectivity index (χ1) is 34.5. The molecular formula is C51H86O22. The van der Waals surface area contributed by atoms with E-state index in [1.807, 2.05) is 6.92 Å². The molecular weight excluding hydrogens is 965 g/mol. The van der Waals surface area contributed by atoms with E-state index in [4.69, 9.17) is 42.6 Å². The van der Waals surface area contributed by atoms with Crippen LogP contribution in [0, 0.1) is 52.3 Å². The Morgan fingerprint density at radius 1 is 0.562 bits per heavy atom. The normalized spacial score (nSPS) is 56.6. The topological polar surface area (TPSA) is 346 Å². The van der Waals surface area contributed by atoms with Crippen LogP contribution in [-0.4, -0.2) is 227 Å². The van der Waals surface area contributed by atoms with Crippen LogP contribution in [0.15, 0.2) is 0 Å². The van der Waals surface area contributed by atoms with Crippen molar-refractivity contribution in [3.63, 3.8) is 0 Å². The van der Waals surface area contributed by atoms with Gasteiger partial charge in [0.1, 0.15) is 85.5 Å². The Hall–Kier alpha value is -0.880. The lowest BCUT2D eigenvalue weighted by atomic mass is 9.44. The molecule has 13 N–H and O–H groups in total. The maximum absolute atomic E-state index is 12.1. The smallest absolute Gasteiger partial charge is 0.187 e. The molecule has 73 heavy (non-hydrogen) atoms. The Kier molecular flexibility index (Phi) is 17.1. The summed E-state index contributed by atoms with van der Waals surface area (Å²) in [6.07, 6.45) is -21.1. The van der Waals surface area contributed by atoms with Gasteiger partial charge in [0, 0.05) is 12.3 Å². The summed E-state index contributed by atoms with van der Waals surface area (Å²) < 4.78 is 54.7. The number of rotatable bonds is 14. The van der Waals surface area contributed by atoms with Gasteiger partial charge in [0.15, 0.2) is 30.9 Å². The van der Waals surface area contributed by atoms with Crippen molar-refractivity contribution in [2.45, 2.75) is 247 Å². The van der Waals surface area contributed by atoms with E-state index in [2.05, 4.69) is 20.8 Å². The lowest BCUT2D eigenvalue weighted by Gasteiger charge is -2.61. The van der Waals surface area contributed by atoms with Gasteiger partial charge in [-0.3, -0.25) is 0 Å². The summed E-state index contributed by atoms with van der Waals surface area (Å²) in [5.41, 5.74) is -0.0281. The summed E-state index contributed by atoms with van der Waals surface area (Å²) >= 11 is 0. The molecule has 422 valence electrons. The van der Waals surface area contributed by atoms with Gasteiger partial charge < -0.3 is 109 Å². The molecule has 1 unspecified atom stereocenters. The molecule has 0 aromatic carbocycles. The third kappa shape index (κ3) is 10.2. The van der Waals surface area contributed by atoms with E-state index >= 15 is 0 Å². The first kappa shape index (κ1) is 56.8. The molecule has 0 aromatic rings. The van der Waals surface area contributed by atoms with E-state index in [0.29, 0.717) is 43.4 Å². The van der Waals surface area contributed by atoms with E-state index in [1.165, 1.54) is 13.8 Å². The van der Waals surface area contributed by atoms with Gasteiger partial charge >= 0.3 is 0 Å². The molecule has 32 atom stereocenters. The zero-order valence-corrected chi connectivity index (χ0v) is 42.9. The molecule has 4 saturated carbocycles. The van der Waals surface area contributed by atoms with Gasteiger partial charge in [-0.1, -0.05) is 27.7 Å². The zero-order chi connectivity index (χ0) is 52.8. The van der Waals surface area contributed by atoms with Crippen molar-refractivity contribution >= 4 is 0 Å². The fraction of sp³-hybridized carbons (Fsp3) is 1.00. The van der Waals surface area contributed by atoms with Gasteiger partial charge in [0.05, 0.1) is 44.2 Å². The molecule has 5 saturated heterocycles. The maximum atomic E-state index is 12.1. The first-order valence-electron chi connectivity index (χ1n) is 27.1. The zero-order valence-electron chi connectivity index (χ0n) is 42.9. The molecule has 5 aliphatic heterocycles. The van der Waals surface area contributed by atoms with Crippen molar-refractivity contribution < 1.29 is 109 Å². The highest BCUT2D eigenvalue weighted by atomic mass is 16.8. The van der Waals surface area contributed by atoms with Crippen LogP contribution in [0.3, 0.4) is 0 Å². The van der Waals surface area contributed by atoms with Crippen molar-refractivity contribution in [2.75, 3.05) is 19.8 Å². The van der Waals surface area contributed by atoms with Crippen LogP contribution >= 0.6 is 0 Å². The van der Waals surface area contributed by atoms with E-state index in [1.54, 1.807) is 0 Å². The Labute approximate surface area is 426 Å². The summed E-state index contributed by atoms with van der Waals surface area (Å²) in [6, 6.07) is 0. The van der Waals surface area contributed by atoms with Gasteiger partial charge in [0.2, 0.25) is 0 Å². The molecule has 4 aliphatic carbocycles. The third-order valence-electron chi connectivity index (χ3n) is 20.0. The highest BCUT2D eigenvalue weighted by Gasteiger charge is 2.68. The van der Waals surface area contributed by atoms with Crippen LogP contribution in [0.5, 0.6) is 0 Å². The molecule has 5 heterocycles.